The minimum Gasteiger partial charge on any atom is -0.464 e. The van der Waals surface area contributed by atoms with Crippen molar-refractivity contribution in [2.24, 2.45) is 17.3 Å². The molecule has 274 valence electrons. The third-order valence-corrected chi connectivity index (χ3v) is 11.7. The highest BCUT2D eigenvalue weighted by Crippen LogP contribution is 2.49. The molecule has 0 radical (unpaired) electrons. The SMILES string of the molecule is C=C[C@]1(C)CC[C@@H](C(=C)CN2CCN(CCOC(=O)CCC(=O)OCCOc3no[n+]([O-])c3S(=O)(=O)c3ccccc3)CC2)C[C@H]1C(=C)CCl. The standard InChI is InChI=1S/C35H47ClN4O9S/c1-5-35(4)14-13-28(23-30(35)26(2)24-36)27(3)25-39-17-15-38(16-18-39)19-20-46-31(41)11-12-32(42)47-21-22-48-33-34(40(43)49-37-33)50(44,45)29-9-7-6-8-10-29/h5-10,28,30H,1-3,11-25H2,4H3/t28-,30+,35-/m1/s1. The van der Waals surface area contributed by atoms with Gasteiger partial charge in [0.25, 0.3) is 9.84 Å². The van der Waals surface area contributed by atoms with Crippen LogP contribution in [0, 0.1) is 22.5 Å². The average molecular weight is 735 g/mol. The summed E-state index contributed by atoms with van der Waals surface area (Å²) in [6.07, 6.45) is 4.85. The van der Waals surface area contributed by atoms with Crippen molar-refractivity contribution in [3.63, 3.8) is 0 Å². The van der Waals surface area contributed by atoms with Gasteiger partial charge in [0.05, 0.1) is 22.9 Å². The van der Waals surface area contributed by atoms with Gasteiger partial charge in [0.15, 0.2) is 0 Å². The van der Waals surface area contributed by atoms with Crippen LogP contribution in [0.1, 0.15) is 39.0 Å². The van der Waals surface area contributed by atoms with E-state index in [0.717, 1.165) is 57.6 Å². The first-order chi connectivity index (χ1) is 23.9. The van der Waals surface area contributed by atoms with Crippen molar-refractivity contribution in [1.82, 2.24) is 15.0 Å². The predicted octanol–water partition coefficient (Wildman–Crippen LogP) is 3.96. The van der Waals surface area contributed by atoms with Crippen LogP contribution >= 0.6 is 11.6 Å². The molecule has 1 aromatic carbocycles. The number of hydrogen-bond donors (Lipinski definition) is 0. The first kappa shape index (κ1) is 39.1. The first-order valence-corrected chi connectivity index (χ1v) is 18.7. The maximum absolute atomic E-state index is 12.8. The highest BCUT2D eigenvalue weighted by atomic mass is 35.5. The van der Waals surface area contributed by atoms with Crippen molar-refractivity contribution >= 4 is 33.4 Å². The molecule has 1 aliphatic heterocycles. The second-order valence-electron chi connectivity index (χ2n) is 12.9. The molecule has 2 fully saturated rings. The summed E-state index contributed by atoms with van der Waals surface area (Å²) in [5.41, 5.74) is 2.35. The third-order valence-electron chi connectivity index (χ3n) is 9.59. The van der Waals surface area contributed by atoms with Gasteiger partial charge in [-0.3, -0.25) is 24.0 Å². The number of alkyl halides is 1. The highest BCUT2D eigenvalue weighted by molar-refractivity contribution is 7.91. The van der Waals surface area contributed by atoms with Crippen molar-refractivity contribution < 1.29 is 41.7 Å². The van der Waals surface area contributed by atoms with Gasteiger partial charge >= 0.3 is 22.8 Å². The number of esters is 2. The predicted molar refractivity (Wildman–Crippen MR) is 185 cm³/mol. The van der Waals surface area contributed by atoms with Crippen LogP contribution in [0.2, 0.25) is 0 Å². The second kappa shape index (κ2) is 18.0. The number of benzene rings is 1. The van der Waals surface area contributed by atoms with Crippen LogP contribution in [0.15, 0.2) is 81.8 Å². The highest BCUT2D eigenvalue weighted by Gasteiger charge is 2.40. The minimum absolute atomic E-state index is 0.0192. The average Bonchev–Trinajstić information content (AvgIpc) is 3.50. The summed E-state index contributed by atoms with van der Waals surface area (Å²) in [6.45, 7) is 19.6. The van der Waals surface area contributed by atoms with Crippen molar-refractivity contribution in [2.75, 3.05) is 65.0 Å². The third kappa shape index (κ3) is 10.2. The summed E-state index contributed by atoms with van der Waals surface area (Å²) in [5, 5.41) is 14.5. The van der Waals surface area contributed by atoms with Crippen molar-refractivity contribution in [3.8, 4) is 5.88 Å². The maximum atomic E-state index is 12.8. The lowest BCUT2D eigenvalue weighted by Crippen LogP contribution is -2.48. The Balaban J connectivity index is 1.07. The van der Waals surface area contributed by atoms with Gasteiger partial charge in [-0.15, -0.1) is 18.2 Å². The van der Waals surface area contributed by atoms with E-state index in [1.54, 1.807) is 6.07 Å². The largest absolute Gasteiger partial charge is 0.464 e. The van der Waals surface area contributed by atoms with E-state index in [0.29, 0.717) is 24.3 Å². The Morgan fingerprint density at radius 2 is 1.70 bits per heavy atom. The molecule has 1 aliphatic carbocycles. The van der Waals surface area contributed by atoms with E-state index in [9.17, 15) is 23.2 Å². The van der Waals surface area contributed by atoms with Crippen LogP contribution in [0.25, 0.3) is 0 Å². The summed E-state index contributed by atoms with van der Waals surface area (Å²) in [7, 11) is -4.27. The van der Waals surface area contributed by atoms with E-state index < -0.39 is 32.7 Å². The van der Waals surface area contributed by atoms with Gasteiger partial charge in [0, 0.05) is 45.1 Å². The Kier molecular flexibility index (Phi) is 14.0. The smallest absolute Gasteiger partial charge is 0.415 e. The van der Waals surface area contributed by atoms with Crippen LogP contribution in [-0.4, -0.2) is 100 Å². The lowest BCUT2D eigenvalue weighted by atomic mass is 9.61. The molecular formula is C35H47ClN4O9S. The molecular weight excluding hydrogens is 688 g/mol. The number of sulfone groups is 1. The molecule has 0 bridgehead atoms. The van der Waals surface area contributed by atoms with Gasteiger partial charge in [0.2, 0.25) is 0 Å². The van der Waals surface area contributed by atoms with Gasteiger partial charge in [-0.25, -0.2) is 8.42 Å². The number of allylic oxidation sites excluding steroid dienone is 2. The topological polar surface area (TPSA) is 155 Å². The molecule has 1 aromatic heterocycles. The molecule has 0 N–H and O–H groups in total. The molecule has 15 heteroatoms. The van der Waals surface area contributed by atoms with Crippen molar-refractivity contribution in [2.45, 2.75) is 48.9 Å². The first-order valence-electron chi connectivity index (χ1n) is 16.7. The number of carbonyl (C=O) groups is 2. The van der Waals surface area contributed by atoms with E-state index in [-0.39, 0.29) is 47.9 Å². The van der Waals surface area contributed by atoms with Gasteiger partial charge in [-0.2, -0.15) is 0 Å². The number of halogens is 1. The number of nitrogens with zero attached hydrogens (tertiary/aromatic N) is 4. The molecule has 1 saturated heterocycles. The lowest BCUT2D eigenvalue weighted by molar-refractivity contribution is -0.832. The maximum Gasteiger partial charge on any atom is 0.415 e. The fraction of sp³-hybridized carbons (Fsp3) is 0.543. The van der Waals surface area contributed by atoms with Crippen LogP contribution < -0.4 is 9.64 Å². The molecule has 4 rings (SSSR count). The molecule has 2 aromatic rings. The van der Waals surface area contributed by atoms with E-state index in [1.807, 2.05) is 0 Å². The van der Waals surface area contributed by atoms with Gasteiger partial charge < -0.3 is 19.4 Å². The lowest BCUT2D eigenvalue weighted by Gasteiger charge is -2.45. The molecule has 50 heavy (non-hydrogen) atoms. The van der Waals surface area contributed by atoms with Gasteiger partial charge in [-0.05, 0) is 53.5 Å². The number of hydrogen-bond acceptors (Lipinski definition) is 12. The summed E-state index contributed by atoms with van der Waals surface area (Å²) in [5.74, 6) is -0.538. The second-order valence-corrected chi connectivity index (χ2v) is 15.1. The normalized spacial score (nSPS) is 21.6. The van der Waals surface area contributed by atoms with Gasteiger partial charge in [0.1, 0.15) is 19.8 Å². The molecule has 0 unspecified atom stereocenters. The number of carbonyl (C=O) groups excluding carboxylic acids is 2. The zero-order valence-electron chi connectivity index (χ0n) is 28.6. The zero-order chi connectivity index (χ0) is 36.3. The molecule has 1 saturated carbocycles. The fourth-order valence-electron chi connectivity index (χ4n) is 6.43. The van der Waals surface area contributed by atoms with Gasteiger partial charge in [-0.1, -0.05) is 55.5 Å². The summed E-state index contributed by atoms with van der Waals surface area (Å²) in [4.78, 5) is 28.6. The van der Waals surface area contributed by atoms with Crippen LogP contribution in [0.3, 0.4) is 0 Å². The van der Waals surface area contributed by atoms with Crippen molar-refractivity contribution in [3.05, 3.63) is 72.5 Å². The Labute approximate surface area is 298 Å². The molecule has 3 atom stereocenters. The number of ether oxygens (including phenoxy) is 3. The molecule has 2 heterocycles. The number of aromatic nitrogens is 2. The molecule has 0 spiro atoms. The molecule has 0 amide bonds. The number of rotatable bonds is 18. The molecule has 13 nitrogen and oxygen atoms in total. The van der Waals surface area contributed by atoms with E-state index in [4.69, 9.17) is 25.8 Å². The quantitative estimate of drug-likeness (QED) is 0.0716. The fourth-order valence-corrected chi connectivity index (χ4v) is 7.91. The Morgan fingerprint density at radius 3 is 2.34 bits per heavy atom. The van der Waals surface area contributed by atoms with Crippen LogP contribution in [0.5, 0.6) is 5.88 Å². The Bertz CT molecular complexity index is 1610. The Morgan fingerprint density at radius 1 is 1.06 bits per heavy atom. The zero-order valence-corrected chi connectivity index (χ0v) is 30.2. The van der Waals surface area contributed by atoms with Crippen LogP contribution in [0.4, 0.5) is 0 Å². The van der Waals surface area contributed by atoms with E-state index in [1.165, 1.54) is 29.8 Å². The number of piperazine rings is 1. The summed E-state index contributed by atoms with van der Waals surface area (Å²) < 4.78 is 45.6. The monoisotopic (exact) mass is 734 g/mol. The van der Waals surface area contributed by atoms with Crippen LogP contribution in [-0.2, 0) is 28.9 Å². The van der Waals surface area contributed by atoms with E-state index >= 15 is 0 Å². The summed E-state index contributed by atoms with van der Waals surface area (Å²) >= 11 is 6.17. The Hall–Kier alpha value is -3.72. The molecule has 2 aliphatic rings. The van der Waals surface area contributed by atoms with Crippen molar-refractivity contribution in [1.29, 1.82) is 0 Å². The summed E-state index contributed by atoms with van der Waals surface area (Å²) in [6, 6.07) is 7.25. The van der Waals surface area contributed by atoms with E-state index in [2.05, 4.69) is 52.3 Å². The minimum atomic E-state index is -4.27.